The van der Waals surface area contributed by atoms with Crippen molar-refractivity contribution in [3.8, 4) is 0 Å². The van der Waals surface area contributed by atoms with Crippen LogP contribution in [-0.4, -0.2) is 52.9 Å². The van der Waals surface area contributed by atoms with Gasteiger partial charge in [-0.2, -0.15) is 0 Å². The van der Waals surface area contributed by atoms with E-state index in [0.29, 0.717) is 19.4 Å². The van der Waals surface area contributed by atoms with Crippen molar-refractivity contribution in [2.24, 2.45) is 32.9 Å². The lowest BCUT2D eigenvalue weighted by Gasteiger charge is -1.93. The van der Waals surface area contributed by atoms with E-state index in [1.165, 1.54) is 0 Å². The zero-order valence-corrected chi connectivity index (χ0v) is 12.1. The van der Waals surface area contributed by atoms with Gasteiger partial charge in [-0.1, -0.05) is 0 Å². The van der Waals surface area contributed by atoms with E-state index in [2.05, 4.69) is 9.98 Å². The highest BCUT2D eigenvalue weighted by Crippen LogP contribution is 1.91. The predicted molar refractivity (Wildman–Crippen MR) is 80.1 cm³/mol. The van der Waals surface area contributed by atoms with Gasteiger partial charge in [0.1, 0.15) is 0 Å². The molecule has 0 fully saturated rings. The van der Waals surface area contributed by atoms with Gasteiger partial charge in [-0.05, 0) is 12.8 Å². The lowest BCUT2D eigenvalue weighted by Crippen LogP contribution is -2.23. The number of nitrogens with two attached hydrogens (primary N) is 4. The van der Waals surface area contributed by atoms with Crippen molar-refractivity contribution < 1.29 is 24.6 Å². The number of Topliss-reactive ketones (excluding diaryl/α,β-unsaturated/α-hetero) is 1. The van der Waals surface area contributed by atoms with Crippen LogP contribution in [0, 0.1) is 0 Å². The average molecular weight is 318 g/mol. The molecule has 0 radical (unpaired) electrons. The zero-order valence-electron chi connectivity index (χ0n) is 12.1. The number of ketones is 1. The highest BCUT2D eigenvalue weighted by atomic mass is 16.4. The van der Waals surface area contributed by atoms with Gasteiger partial charge in [-0.25, -0.2) is 4.79 Å². The highest BCUT2D eigenvalue weighted by molar-refractivity contribution is 6.32. The molecule has 0 aliphatic heterocycles. The molecule has 10 N–H and O–H groups in total. The van der Waals surface area contributed by atoms with Crippen LogP contribution in [0.25, 0.3) is 0 Å². The number of carbonyl (C=O) groups is 3. The number of aliphatic carboxylic acids is 2. The summed E-state index contributed by atoms with van der Waals surface area (Å²) in [5.41, 5.74) is 20.0. The SMILES string of the molecule is NC(N)=NCCCC(=O)C(=O)O.NC(N)=NCCCC(=O)O. The molecule has 0 spiro atoms. The van der Waals surface area contributed by atoms with Crippen molar-refractivity contribution in [3.05, 3.63) is 0 Å². The van der Waals surface area contributed by atoms with Crippen molar-refractivity contribution in [1.29, 1.82) is 0 Å². The molecule has 0 saturated heterocycles. The summed E-state index contributed by atoms with van der Waals surface area (Å²) in [4.78, 5) is 37.6. The maximum atomic E-state index is 10.5. The number of hydrogen-bond donors (Lipinski definition) is 6. The maximum absolute atomic E-state index is 10.5. The molecule has 0 saturated carbocycles. The number of hydrogen-bond acceptors (Lipinski definition) is 5. The first-order valence-electron chi connectivity index (χ1n) is 6.25. The van der Waals surface area contributed by atoms with Gasteiger partial charge < -0.3 is 33.1 Å². The summed E-state index contributed by atoms with van der Waals surface area (Å²) in [6, 6.07) is 0. The highest BCUT2D eigenvalue weighted by Gasteiger charge is 2.09. The molecule has 0 rings (SSSR count). The Hall–Kier alpha value is -2.85. The second-order valence-corrected chi connectivity index (χ2v) is 3.94. The fourth-order valence-corrected chi connectivity index (χ4v) is 0.993. The summed E-state index contributed by atoms with van der Waals surface area (Å²) < 4.78 is 0. The summed E-state index contributed by atoms with van der Waals surface area (Å²) >= 11 is 0. The maximum Gasteiger partial charge on any atom is 0.372 e. The van der Waals surface area contributed by atoms with Gasteiger partial charge in [0.2, 0.25) is 5.78 Å². The quantitative estimate of drug-likeness (QED) is 0.117. The molecule has 0 atom stereocenters. The van der Waals surface area contributed by atoms with Crippen LogP contribution in [0.1, 0.15) is 25.7 Å². The number of rotatable bonds is 9. The number of carboxylic acid groups (broad SMARTS) is 2. The predicted octanol–water partition coefficient (Wildman–Crippen LogP) is -2.18. The molecule has 22 heavy (non-hydrogen) atoms. The number of carbonyl (C=O) groups excluding carboxylic acids is 1. The van der Waals surface area contributed by atoms with Gasteiger partial charge in [0.05, 0.1) is 0 Å². The summed E-state index contributed by atoms with van der Waals surface area (Å²) in [6.45, 7) is 0.663. The second kappa shape index (κ2) is 13.1. The van der Waals surface area contributed by atoms with E-state index in [1.807, 2.05) is 0 Å². The Morgan fingerprint density at radius 1 is 0.773 bits per heavy atom. The van der Waals surface area contributed by atoms with Gasteiger partial charge >= 0.3 is 11.9 Å². The number of aliphatic imine (C=N–C) groups is 2. The molecule has 0 bridgehead atoms. The van der Waals surface area contributed by atoms with Crippen molar-refractivity contribution >= 4 is 29.6 Å². The van der Waals surface area contributed by atoms with Gasteiger partial charge in [0, 0.05) is 25.9 Å². The zero-order chi connectivity index (χ0) is 17.5. The summed E-state index contributed by atoms with van der Waals surface area (Å²) in [6.07, 6.45) is 0.902. The minimum Gasteiger partial charge on any atom is -0.481 e. The van der Waals surface area contributed by atoms with Crippen molar-refractivity contribution in [3.63, 3.8) is 0 Å². The molecule has 11 nitrogen and oxygen atoms in total. The van der Waals surface area contributed by atoms with Crippen LogP contribution < -0.4 is 22.9 Å². The van der Waals surface area contributed by atoms with Crippen LogP contribution >= 0.6 is 0 Å². The minimum absolute atomic E-state index is 0.00499. The van der Waals surface area contributed by atoms with E-state index in [0.717, 1.165) is 0 Å². The fraction of sp³-hybridized carbons (Fsp3) is 0.545. The minimum atomic E-state index is -1.42. The average Bonchev–Trinajstić information content (AvgIpc) is 2.39. The molecule has 0 aliphatic rings. The van der Waals surface area contributed by atoms with E-state index in [9.17, 15) is 14.4 Å². The standard InChI is InChI=1S/C6H11N3O3.C5H11N3O2/c7-6(8)9-3-1-2-4(10)5(11)12;6-5(7)8-3-1-2-4(9)10/h1-3H2,(H,11,12)(H4,7,8,9);1-3H2,(H,9,10)(H4,6,7,8). The summed E-state index contributed by atoms with van der Waals surface area (Å²) in [7, 11) is 0. The fourth-order valence-electron chi connectivity index (χ4n) is 0.993. The Kier molecular flexibility index (Phi) is 12.8. The molecule has 0 aromatic rings. The van der Waals surface area contributed by atoms with Crippen LogP contribution in [0.15, 0.2) is 9.98 Å². The van der Waals surface area contributed by atoms with Gasteiger partial charge in [0.15, 0.2) is 11.9 Å². The molecule has 0 unspecified atom stereocenters. The van der Waals surface area contributed by atoms with Crippen LogP contribution in [0.4, 0.5) is 0 Å². The number of guanidine groups is 2. The van der Waals surface area contributed by atoms with Crippen molar-refractivity contribution in [1.82, 2.24) is 0 Å². The van der Waals surface area contributed by atoms with Crippen LogP contribution in [0.5, 0.6) is 0 Å². The number of nitrogens with zero attached hydrogens (tertiary/aromatic N) is 2. The first-order chi connectivity index (χ1) is 10.2. The van der Waals surface area contributed by atoms with Gasteiger partial charge in [0.25, 0.3) is 0 Å². The molecular formula is C11H22N6O5. The Balaban J connectivity index is 0. The molecule has 0 aliphatic carbocycles. The van der Waals surface area contributed by atoms with Crippen molar-refractivity contribution in [2.45, 2.75) is 25.7 Å². The Labute approximate surface area is 127 Å². The monoisotopic (exact) mass is 318 g/mol. The Morgan fingerprint density at radius 3 is 1.50 bits per heavy atom. The smallest absolute Gasteiger partial charge is 0.372 e. The number of carboxylic acids is 2. The molecule has 126 valence electrons. The van der Waals surface area contributed by atoms with Crippen LogP contribution in [-0.2, 0) is 14.4 Å². The summed E-state index contributed by atoms with van der Waals surface area (Å²) in [5, 5.41) is 16.3. The molecule has 0 aromatic carbocycles. The largest absolute Gasteiger partial charge is 0.481 e. The lowest BCUT2D eigenvalue weighted by atomic mass is 10.2. The molecule has 0 aromatic heterocycles. The third-order valence-electron chi connectivity index (χ3n) is 1.94. The molecule has 11 heteroatoms. The Morgan fingerprint density at radius 2 is 1.18 bits per heavy atom. The van der Waals surface area contributed by atoms with Gasteiger partial charge in [-0.3, -0.25) is 19.6 Å². The third kappa shape index (κ3) is 19.5. The van der Waals surface area contributed by atoms with E-state index < -0.39 is 17.7 Å². The van der Waals surface area contributed by atoms with E-state index in [4.69, 9.17) is 33.1 Å². The first-order valence-corrected chi connectivity index (χ1v) is 6.25. The van der Waals surface area contributed by atoms with E-state index in [-0.39, 0.29) is 31.3 Å². The molecular weight excluding hydrogens is 296 g/mol. The topological polar surface area (TPSA) is 220 Å². The lowest BCUT2D eigenvalue weighted by molar-refractivity contribution is -0.149. The second-order valence-electron chi connectivity index (χ2n) is 3.94. The Bertz CT molecular complexity index is 427. The normalized spacial score (nSPS) is 8.91. The summed E-state index contributed by atoms with van der Waals surface area (Å²) in [5.74, 6) is -3.12. The molecule has 0 amide bonds. The third-order valence-corrected chi connectivity index (χ3v) is 1.94. The van der Waals surface area contributed by atoms with Crippen LogP contribution in [0.3, 0.4) is 0 Å². The van der Waals surface area contributed by atoms with E-state index in [1.54, 1.807) is 0 Å². The first kappa shape index (κ1) is 21.4. The van der Waals surface area contributed by atoms with Crippen molar-refractivity contribution in [2.75, 3.05) is 13.1 Å². The molecule has 0 heterocycles. The van der Waals surface area contributed by atoms with Gasteiger partial charge in [-0.15, -0.1) is 0 Å². The van der Waals surface area contributed by atoms with Crippen LogP contribution in [0.2, 0.25) is 0 Å². The van der Waals surface area contributed by atoms with E-state index >= 15 is 0 Å².